The first-order valence-electron chi connectivity index (χ1n) is 8.26. The first-order chi connectivity index (χ1) is 11.5. The largest absolute Gasteiger partial charge is 0.469 e. The van der Waals surface area contributed by atoms with Crippen molar-refractivity contribution in [2.24, 2.45) is 5.92 Å². The summed E-state index contributed by atoms with van der Waals surface area (Å²) < 4.78 is 4.54. The van der Waals surface area contributed by atoms with Crippen molar-refractivity contribution < 1.29 is 19.1 Å². The van der Waals surface area contributed by atoms with E-state index in [0.29, 0.717) is 6.42 Å². The summed E-state index contributed by atoms with van der Waals surface area (Å²) in [6.07, 6.45) is 2.95. The lowest BCUT2D eigenvalue weighted by Gasteiger charge is -2.15. The van der Waals surface area contributed by atoms with E-state index in [9.17, 15) is 14.4 Å². The topological polar surface area (TPSA) is 84.5 Å². The van der Waals surface area contributed by atoms with Gasteiger partial charge in [-0.15, -0.1) is 0 Å². The molecule has 1 aromatic rings. The molecule has 1 atom stereocenters. The van der Waals surface area contributed by atoms with Gasteiger partial charge in [-0.1, -0.05) is 12.1 Å². The second kappa shape index (κ2) is 8.47. The molecule has 130 valence electrons. The van der Waals surface area contributed by atoms with E-state index in [0.717, 1.165) is 24.1 Å². The lowest BCUT2D eigenvalue weighted by molar-refractivity contribution is -0.140. The Morgan fingerprint density at radius 3 is 2.42 bits per heavy atom. The molecule has 1 aliphatic carbocycles. The lowest BCUT2D eigenvalue weighted by atomic mass is 10.1. The molecule has 24 heavy (non-hydrogen) atoms. The highest BCUT2D eigenvalue weighted by molar-refractivity contribution is 5.94. The molecule has 1 fully saturated rings. The van der Waals surface area contributed by atoms with Crippen molar-refractivity contribution in [1.29, 1.82) is 0 Å². The Bertz CT molecular complexity index is 594. The molecule has 1 aromatic carbocycles. The molecule has 0 heterocycles. The normalized spacial score (nSPS) is 14.6. The molecule has 1 unspecified atom stereocenters. The van der Waals surface area contributed by atoms with Crippen LogP contribution in [0.2, 0.25) is 0 Å². The number of rotatable bonds is 8. The van der Waals surface area contributed by atoms with E-state index in [1.807, 2.05) is 31.2 Å². The van der Waals surface area contributed by atoms with Crippen LogP contribution < -0.4 is 10.6 Å². The van der Waals surface area contributed by atoms with Gasteiger partial charge in [0, 0.05) is 24.4 Å². The second-order valence-electron chi connectivity index (χ2n) is 6.10. The van der Waals surface area contributed by atoms with E-state index in [-0.39, 0.29) is 42.6 Å². The smallest absolute Gasteiger partial charge is 0.305 e. The molecule has 2 amide bonds. The van der Waals surface area contributed by atoms with Gasteiger partial charge < -0.3 is 15.4 Å². The summed E-state index contributed by atoms with van der Waals surface area (Å²) in [5, 5.41) is 5.78. The molecule has 6 nitrogen and oxygen atoms in total. The molecule has 0 spiro atoms. The molecule has 0 bridgehead atoms. The molecule has 0 saturated heterocycles. The van der Waals surface area contributed by atoms with Crippen LogP contribution in [0.3, 0.4) is 0 Å². The lowest BCUT2D eigenvalue weighted by Crippen LogP contribution is -2.26. The Hall–Kier alpha value is -2.37. The Morgan fingerprint density at radius 1 is 1.17 bits per heavy atom. The van der Waals surface area contributed by atoms with Crippen molar-refractivity contribution in [3.8, 4) is 0 Å². The molecule has 1 aliphatic rings. The van der Waals surface area contributed by atoms with Crippen LogP contribution in [0.1, 0.15) is 50.6 Å². The van der Waals surface area contributed by atoms with Gasteiger partial charge in [-0.3, -0.25) is 14.4 Å². The average molecular weight is 332 g/mol. The zero-order valence-corrected chi connectivity index (χ0v) is 14.1. The molecule has 0 aliphatic heterocycles. The Morgan fingerprint density at radius 2 is 1.83 bits per heavy atom. The maximum atomic E-state index is 11.9. The maximum Gasteiger partial charge on any atom is 0.305 e. The molecule has 0 aromatic heterocycles. The fourth-order valence-electron chi connectivity index (χ4n) is 2.34. The highest BCUT2D eigenvalue weighted by Crippen LogP contribution is 2.30. The minimum absolute atomic E-state index is 0.0784. The quantitative estimate of drug-likeness (QED) is 0.717. The number of amides is 2. The van der Waals surface area contributed by atoms with Crippen molar-refractivity contribution in [3.05, 3.63) is 29.8 Å². The van der Waals surface area contributed by atoms with Gasteiger partial charge in [0.2, 0.25) is 11.8 Å². The number of carbonyl (C=O) groups is 3. The van der Waals surface area contributed by atoms with Crippen molar-refractivity contribution in [2.45, 2.75) is 45.1 Å². The summed E-state index contributed by atoms with van der Waals surface area (Å²) >= 11 is 0. The van der Waals surface area contributed by atoms with Crippen LogP contribution >= 0.6 is 0 Å². The third-order valence-electron chi connectivity index (χ3n) is 4.02. The van der Waals surface area contributed by atoms with E-state index in [1.54, 1.807) is 0 Å². The van der Waals surface area contributed by atoms with Gasteiger partial charge in [0.1, 0.15) is 0 Å². The minimum atomic E-state index is -0.306. The molecular formula is C18H24N2O4. The van der Waals surface area contributed by atoms with Crippen LogP contribution in [0, 0.1) is 5.92 Å². The number of carbonyl (C=O) groups excluding carboxylic acids is 3. The van der Waals surface area contributed by atoms with Crippen LogP contribution in [0.4, 0.5) is 5.69 Å². The third kappa shape index (κ3) is 5.68. The SMILES string of the molecule is COC(=O)CCCC(=O)NC(C)c1ccc(NC(=O)C2CC2)cc1. The van der Waals surface area contributed by atoms with Crippen LogP contribution in [0.25, 0.3) is 0 Å². The Kier molecular flexibility index (Phi) is 6.35. The minimum Gasteiger partial charge on any atom is -0.469 e. The third-order valence-corrected chi connectivity index (χ3v) is 4.02. The van der Waals surface area contributed by atoms with Crippen molar-refractivity contribution >= 4 is 23.5 Å². The van der Waals surface area contributed by atoms with Gasteiger partial charge in [-0.25, -0.2) is 0 Å². The zero-order valence-electron chi connectivity index (χ0n) is 14.1. The van der Waals surface area contributed by atoms with Gasteiger partial charge in [0.25, 0.3) is 0 Å². The first kappa shape index (κ1) is 18.0. The van der Waals surface area contributed by atoms with Crippen molar-refractivity contribution in [3.63, 3.8) is 0 Å². The van der Waals surface area contributed by atoms with Gasteiger partial charge in [0.15, 0.2) is 0 Å². The number of ether oxygens (including phenoxy) is 1. The fraction of sp³-hybridized carbons (Fsp3) is 0.500. The molecule has 2 N–H and O–H groups in total. The Balaban J connectivity index is 1.76. The molecular weight excluding hydrogens is 308 g/mol. The standard InChI is InChI=1S/C18H24N2O4/c1-12(19-16(21)4-3-5-17(22)24-2)13-8-10-15(11-9-13)20-18(23)14-6-7-14/h8-12,14H,3-7H2,1-2H3,(H,19,21)(H,20,23). The Labute approximate surface area is 142 Å². The predicted octanol–water partition coefficient (Wildman–Crippen LogP) is 2.56. The summed E-state index contributed by atoms with van der Waals surface area (Å²) in [5.41, 5.74) is 1.73. The van der Waals surface area contributed by atoms with Gasteiger partial charge in [-0.05, 0) is 43.9 Å². The summed E-state index contributed by atoms with van der Waals surface area (Å²) in [5.74, 6) is -0.153. The molecule has 6 heteroatoms. The van der Waals surface area contributed by atoms with E-state index in [4.69, 9.17) is 0 Å². The number of hydrogen-bond donors (Lipinski definition) is 2. The molecule has 0 radical (unpaired) electrons. The average Bonchev–Trinajstić information content (AvgIpc) is 3.40. The number of hydrogen-bond acceptors (Lipinski definition) is 4. The number of anilines is 1. The monoisotopic (exact) mass is 332 g/mol. The fourth-order valence-corrected chi connectivity index (χ4v) is 2.34. The van der Waals surface area contributed by atoms with Gasteiger partial charge in [-0.2, -0.15) is 0 Å². The van der Waals surface area contributed by atoms with E-state index in [1.165, 1.54) is 7.11 Å². The number of benzene rings is 1. The van der Waals surface area contributed by atoms with Crippen LogP contribution in [0.5, 0.6) is 0 Å². The summed E-state index contributed by atoms with van der Waals surface area (Å²) in [6.45, 7) is 1.90. The maximum absolute atomic E-state index is 11.9. The van der Waals surface area contributed by atoms with Crippen molar-refractivity contribution in [2.75, 3.05) is 12.4 Å². The second-order valence-corrected chi connectivity index (χ2v) is 6.10. The van der Waals surface area contributed by atoms with Crippen LogP contribution in [-0.4, -0.2) is 24.9 Å². The summed E-state index contributed by atoms with van der Waals surface area (Å²) in [7, 11) is 1.33. The van der Waals surface area contributed by atoms with Crippen LogP contribution in [-0.2, 0) is 19.1 Å². The predicted molar refractivity (Wildman–Crippen MR) is 90.2 cm³/mol. The van der Waals surface area contributed by atoms with Gasteiger partial charge in [0.05, 0.1) is 13.2 Å². The first-order valence-corrected chi connectivity index (χ1v) is 8.26. The number of methoxy groups -OCH3 is 1. The number of nitrogens with one attached hydrogen (secondary N) is 2. The van der Waals surface area contributed by atoms with Gasteiger partial charge >= 0.3 is 5.97 Å². The summed E-state index contributed by atoms with van der Waals surface area (Å²) in [4.78, 5) is 34.6. The van der Waals surface area contributed by atoms with E-state index >= 15 is 0 Å². The van der Waals surface area contributed by atoms with Crippen molar-refractivity contribution in [1.82, 2.24) is 5.32 Å². The van der Waals surface area contributed by atoms with E-state index < -0.39 is 0 Å². The summed E-state index contributed by atoms with van der Waals surface area (Å²) in [6, 6.07) is 7.33. The highest BCUT2D eigenvalue weighted by Gasteiger charge is 2.29. The van der Waals surface area contributed by atoms with E-state index in [2.05, 4.69) is 15.4 Å². The number of esters is 1. The highest BCUT2D eigenvalue weighted by atomic mass is 16.5. The van der Waals surface area contributed by atoms with Crippen LogP contribution in [0.15, 0.2) is 24.3 Å². The molecule has 1 saturated carbocycles. The zero-order chi connectivity index (χ0) is 17.5. The molecule has 2 rings (SSSR count).